The number of fused-ring (bicyclic) bond motifs is 2. The minimum Gasteiger partial charge on any atom is -0.497 e. The van der Waals surface area contributed by atoms with Gasteiger partial charge in [-0.25, -0.2) is 4.79 Å². The zero-order chi connectivity index (χ0) is 19.6. The van der Waals surface area contributed by atoms with Gasteiger partial charge in [0.05, 0.1) is 23.2 Å². The summed E-state index contributed by atoms with van der Waals surface area (Å²) < 4.78 is 21.9. The van der Waals surface area contributed by atoms with Crippen molar-refractivity contribution in [3.63, 3.8) is 0 Å². The molecule has 1 N–H and O–H groups in total. The summed E-state index contributed by atoms with van der Waals surface area (Å²) in [7, 11) is 3.20. The maximum absolute atomic E-state index is 10.8. The Bertz CT molecular complexity index is 1110. The SMILES string of the molecule is COc1ccc2oc(C(=O)O)c(Br)c2c1.COc1ccc2occ(Br)c2c1. The highest BCUT2D eigenvalue weighted by molar-refractivity contribution is 9.11. The molecule has 0 atom stereocenters. The van der Waals surface area contributed by atoms with E-state index < -0.39 is 5.97 Å². The zero-order valence-corrected chi connectivity index (χ0v) is 17.5. The summed E-state index contributed by atoms with van der Waals surface area (Å²) in [6, 6.07) is 10.8. The molecule has 27 heavy (non-hydrogen) atoms. The molecule has 0 fully saturated rings. The number of carbonyl (C=O) groups is 1. The van der Waals surface area contributed by atoms with Gasteiger partial charge in [0.2, 0.25) is 5.76 Å². The van der Waals surface area contributed by atoms with E-state index in [4.69, 9.17) is 23.4 Å². The summed E-state index contributed by atoms with van der Waals surface area (Å²) in [4.78, 5) is 10.8. The van der Waals surface area contributed by atoms with Crippen molar-refractivity contribution in [2.24, 2.45) is 0 Å². The summed E-state index contributed by atoms with van der Waals surface area (Å²) in [6.45, 7) is 0. The Morgan fingerprint density at radius 2 is 1.56 bits per heavy atom. The fourth-order valence-electron chi connectivity index (χ4n) is 2.42. The number of hydrogen-bond donors (Lipinski definition) is 1. The average molecular weight is 498 g/mol. The van der Waals surface area contributed by atoms with E-state index in [0.29, 0.717) is 21.2 Å². The number of carboxylic acid groups (broad SMARTS) is 1. The Morgan fingerprint density at radius 3 is 2.15 bits per heavy atom. The monoisotopic (exact) mass is 496 g/mol. The van der Waals surface area contributed by atoms with E-state index in [1.54, 1.807) is 38.7 Å². The van der Waals surface area contributed by atoms with Crippen LogP contribution >= 0.6 is 31.9 Å². The molecule has 2 aromatic carbocycles. The first-order valence-electron chi connectivity index (χ1n) is 7.64. The van der Waals surface area contributed by atoms with Crippen LogP contribution in [0.15, 0.2) is 60.4 Å². The molecule has 0 saturated heterocycles. The molecule has 0 unspecified atom stereocenters. The van der Waals surface area contributed by atoms with Crippen LogP contribution in [0.3, 0.4) is 0 Å². The molecule has 0 amide bonds. The van der Waals surface area contributed by atoms with Gasteiger partial charge in [-0.2, -0.15) is 0 Å². The molecule has 4 rings (SSSR count). The van der Waals surface area contributed by atoms with Crippen LogP contribution in [0.5, 0.6) is 11.5 Å². The van der Waals surface area contributed by atoms with Gasteiger partial charge in [-0.3, -0.25) is 0 Å². The second kappa shape index (κ2) is 8.06. The predicted molar refractivity (Wildman–Crippen MR) is 108 cm³/mol. The fraction of sp³-hybridized carbons (Fsp3) is 0.105. The van der Waals surface area contributed by atoms with Crippen molar-refractivity contribution >= 4 is 59.8 Å². The van der Waals surface area contributed by atoms with Gasteiger partial charge in [-0.15, -0.1) is 0 Å². The van der Waals surface area contributed by atoms with Crippen molar-refractivity contribution < 1.29 is 28.2 Å². The molecule has 0 aliphatic carbocycles. The van der Waals surface area contributed by atoms with Gasteiger partial charge < -0.3 is 23.4 Å². The highest BCUT2D eigenvalue weighted by atomic mass is 79.9. The highest BCUT2D eigenvalue weighted by Crippen LogP contribution is 2.33. The lowest BCUT2D eigenvalue weighted by molar-refractivity contribution is 0.0663. The number of halogens is 2. The molecule has 0 bridgehead atoms. The highest BCUT2D eigenvalue weighted by Gasteiger charge is 2.18. The van der Waals surface area contributed by atoms with Crippen LogP contribution in [0.4, 0.5) is 0 Å². The lowest BCUT2D eigenvalue weighted by Gasteiger charge is -1.97. The number of benzene rings is 2. The van der Waals surface area contributed by atoms with Crippen LogP contribution in [0, 0.1) is 0 Å². The number of ether oxygens (including phenoxy) is 2. The first kappa shape index (κ1) is 19.3. The third kappa shape index (κ3) is 3.96. The van der Waals surface area contributed by atoms with E-state index in [9.17, 15) is 4.79 Å². The molecule has 0 radical (unpaired) electrons. The van der Waals surface area contributed by atoms with E-state index in [0.717, 1.165) is 21.2 Å². The Hall–Kier alpha value is -2.45. The van der Waals surface area contributed by atoms with E-state index in [-0.39, 0.29) is 5.76 Å². The van der Waals surface area contributed by atoms with Crippen molar-refractivity contribution in [1.82, 2.24) is 0 Å². The molecular weight excluding hydrogens is 484 g/mol. The van der Waals surface area contributed by atoms with Gasteiger partial charge in [0, 0.05) is 10.8 Å². The predicted octanol–water partition coefficient (Wildman–Crippen LogP) is 6.11. The minimum atomic E-state index is -1.10. The van der Waals surface area contributed by atoms with E-state index in [2.05, 4.69) is 31.9 Å². The standard InChI is InChI=1S/C10H7BrO4.C9H7BrO2/c1-14-5-2-3-7-6(4-5)8(11)9(15-7)10(12)13;1-11-6-2-3-9-7(4-6)8(10)5-12-9/h2-4H,1H3,(H,12,13);2-5H,1H3. The number of rotatable bonds is 3. The smallest absolute Gasteiger partial charge is 0.373 e. The molecule has 0 saturated carbocycles. The van der Waals surface area contributed by atoms with Crippen molar-refractivity contribution in [1.29, 1.82) is 0 Å². The summed E-state index contributed by atoms with van der Waals surface area (Å²) in [6.07, 6.45) is 1.67. The topological polar surface area (TPSA) is 82.0 Å². The maximum atomic E-state index is 10.8. The third-order valence-electron chi connectivity index (χ3n) is 3.76. The van der Waals surface area contributed by atoms with Crippen LogP contribution in [0.25, 0.3) is 21.9 Å². The lowest BCUT2D eigenvalue weighted by atomic mass is 10.2. The van der Waals surface area contributed by atoms with Crippen LogP contribution in [0.2, 0.25) is 0 Å². The summed E-state index contributed by atoms with van der Waals surface area (Å²) in [5, 5.41) is 10.6. The van der Waals surface area contributed by atoms with Gasteiger partial charge in [0.25, 0.3) is 0 Å². The molecule has 4 aromatic rings. The number of aromatic carboxylic acids is 1. The molecule has 0 spiro atoms. The van der Waals surface area contributed by atoms with Crippen LogP contribution in [0.1, 0.15) is 10.6 Å². The van der Waals surface area contributed by atoms with Gasteiger partial charge in [-0.1, -0.05) is 0 Å². The summed E-state index contributed by atoms with van der Waals surface area (Å²) in [5.74, 6) is 0.292. The van der Waals surface area contributed by atoms with Crippen LogP contribution in [-0.2, 0) is 0 Å². The normalized spacial score (nSPS) is 10.5. The second-order valence-corrected chi connectivity index (χ2v) is 7.01. The Kier molecular flexibility index (Phi) is 5.76. The molecule has 2 heterocycles. The van der Waals surface area contributed by atoms with Gasteiger partial charge in [-0.05, 0) is 68.3 Å². The first-order valence-corrected chi connectivity index (χ1v) is 9.23. The van der Waals surface area contributed by atoms with Crippen molar-refractivity contribution in [2.45, 2.75) is 0 Å². The molecule has 0 aliphatic rings. The number of methoxy groups -OCH3 is 2. The number of hydrogen-bond acceptors (Lipinski definition) is 5. The fourth-order valence-corrected chi connectivity index (χ4v) is 3.38. The van der Waals surface area contributed by atoms with Gasteiger partial charge >= 0.3 is 5.97 Å². The number of carboxylic acids is 1. The van der Waals surface area contributed by atoms with Gasteiger partial charge in [0.15, 0.2) is 0 Å². The average Bonchev–Trinajstić information content (AvgIpc) is 3.22. The maximum Gasteiger partial charge on any atom is 0.373 e. The van der Waals surface area contributed by atoms with Crippen molar-refractivity contribution in [3.8, 4) is 11.5 Å². The summed E-state index contributed by atoms with van der Waals surface area (Å²) in [5.41, 5.74) is 1.38. The Labute approximate surface area is 170 Å². The van der Waals surface area contributed by atoms with Crippen LogP contribution in [-0.4, -0.2) is 25.3 Å². The van der Waals surface area contributed by atoms with Crippen LogP contribution < -0.4 is 9.47 Å². The molecule has 8 heteroatoms. The Balaban J connectivity index is 0.000000159. The van der Waals surface area contributed by atoms with Crippen molar-refractivity contribution in [3.05, 3.63) is 57.4 Å². The quantitative estimate of drug-likeness (QED) is 0.368. The third-order valence-corrected chi connectivity index (χ3v) is 5.16. The molecule has 6 nitrogen and oxygen atoms in total. The molecular formula is C19H14Br2O6. The van der Waals surface area contributed by atoms with E-state index in [1.807, 2.05) is 18.2 Å². The van der Waals surface area contributed by atoms with E-state index >= 15 is 0 Å². The molecule has 0 aliphatic heterocycles. The largest absolute Gasteiger partial charge is 0.497 e. The zero-order valence-electron chi connectivity index (χ0n) is 14.3. The first-order chi connectivity index (χ1) is 12.9. The molecule has 140 valence electrons. The number of furan rings is 2. The molecule has 2 aromatic heterocycles. The van der Waals surface area contributed by atoms with Gasteiger partial charge in [0.1, 0.15) is 28.9 Å². The van der Waals surface area contributed by atoms with Crippen molar-refractivity contribution in [2.75, 3.05) is 14.2 Å². The second-order valence-electron chi connectivity index (χ2n) is 5.36. The van der Waals surface area contributed by atoms with E-state index in [1.165, 1.54) is 0 Å². The summed E-state index contributed by atoms with van der Waals surface area (Å²) >= 11 is 6.57. The lowest BCUT2D eigenvalue weighted by Crippen LogP contribution is -1.93. The Morgan fingerprint density at radius 1 is 0.963 bits per heavy atom. The minimum absolute atomic E-state index is 0.0988.